The summed E-state index contributed by atoms with van der Waals surface area (Å²) in [5, 5.41) is 5.09. The Morgan fingerprint density at radius 1 is 1.30 bits per heavy atom. The second kappa shape index (κ2) is 6.28. The Labute approximate surface area is 137 Å². The number of hydrogen-bond donors (Lipinski definition) is 2. The molecule has 1 atom stereocenters. The summed E-state index contributed by atoms with van der Waals surface area (Å²) >= 11 is 0. The van der Waals surface area contributed by atoms with Crippen LogP contribution in [0.25, 0.3) is 0 Å². The molecule has 0 radical (unpaired) electrons. The monoisotopic (exact) mass is 352 g/mol. The van der Waals surface area contributed by atoms with Crippen molar-refractivity contribution >= 4 is 18.3 Å². The molecule has 2 N–H and O–H groups in total. The minimum atomic E-state index is -2.87. The van der Waals surface area contributed by atoms with Crippen LogP contribution in [0.5, 0.6) is 0 Å². The number of nitrogens with one attached hydrogen (secondary N) is 2. The molecular weight excluding hydrogens is 336 g/mol. The van der Waals surface area contributed by atoms with Crippen LogP contribution in [0.4, 0.5) is 17.6 Å². The summed E-state index contributed by atoms with van der Waals surface area (Å²) in [6.45, 7) is -0.346. The minimum absolute atomic E-state index is 0. The highest BCUT2D eigenvalue weighted by Crippen LogP contribution is 2.48. The van der Waals surface area contributed by atoms with E-state index in [2.05, 4.69) is 10.6 Å². The number of carbonyl (C=O) groups excluding carboxylic acids is 1. The van der Waals surface area contributed by atoms with E-state index in [0.717, 1.165) is 6.07 Å². The Balaban J connectivity index is 0.00000192. The summed E-state index contributed by atoms with van der Waals surface area (Å²) in [5.74, 6) is -4.68. The van der Waals surface area contributed by atoms with Gasteiger partial charge in [-0.25, -0.2) is 17.6 Å². The maximum Gasteiger partial charge on any atom is 0.262 e. The zero-order valence-electron chi connectivity index (χ0n) is 12.2. The third kappa shape index (κ3) is 3.77. The zero-order chi connectivity index (χ0) is 16.0. The highest BCUT2D eigenvalue weighted by atomic mass is 35.5. The van der Waals surface area contributed by atoms with Gasteiger partial charge in [-0.15, -0.1) is 12.4 Å². The molecule has 1 amide bonds. The van der Waals surface area contributed by atoms with Crippen molar-refractivity contribution in [3.63, 3.8) is 0 Å². The molecule has 1 aliphatic heterocycles. The quantitative estimate of drug-likeness (QED) is 0.818. The summed E-state index contributed by atoms with van der Waals surface area (Å²) in [4.78, 5) is 11.9. The van der Waals surface area contributed by atoms with Crippen molar-refractivity contribution in [2.45, 2.75) is 36.6 Å². The first-order chi connectivity index (χ1) is 10.3. The summed E-state index contributed by atoms with van der Waals surface area (Å²) in [5.41, 5.74) is -0.187. The fourth-order valence-electron chi connectivity index (χ4n) is 2.89. The SMILES string of the molecule is Cl.O=C(NCC1(c2ccc(F)cc2F)CC1)C1CC(F)(F)CN1. The van der Waals surface area contributed by atoms with Crippen molar-refractivity contribution in [1.82, 2.24) is 10.6 Å². The number of halogens is 5. The van der Waals surface area contributed by atoms with E-state index in [-0.39, 0.29) is 19.0 Å². The minimum Gasteiger partial charge on any atom is -0.354 e. The van der Waals surface area contributed by atoms with Gasteiger partial charge in [0.15, 0.2) is 0 Å². The van der Waals surface area contributed by atoms with Crippen molar-refractivity contribution in [3.05, 3.63) is 35.4 Å². The normalized spacial score (nSPS) is 23.9. The van der Waals surface area contributed by atoms with E-state index in [9.17, 15) is 22.4 Å². The van der Waals surface area contributed by atoms with Gasteiger partial charge in [0.25, 0.3) is 5.92 Å². The third-order valence-corrected chi connectivity index (χ3v) is 4.38. The lowest BCUT2D eigenvalue weighted by atomic mass is 9.95. The van der Waals surface area contributed by atoms with E-state index in [1.54, 1.807) is 0 Å². The molecule has 3 rings (SSSR count). The van der Waals surface area contributed by atoms with E-state index in [1.807, 2.05) is 0 Å². The fraction of sp³-hybridized carbons (Fsp3) is 0.533. The number of carbonyl (C=O) groups is 1. The molecule has 23 heavy (non-hydrogen) atoms. The van der Waals surface area contributed by atoms with Gasteiger partial charge in [-0.1, -0.05) is 6.07 Å². The third-order valence-electron chi connectivity index (χ3n) is 4.38. The van der Waals surface area contributed by atoms with E-state index < -0.39 is 47.9 Å². The highest BCUT2D eigenvalue weighted by Gasteiger charge is 2.47. The van der Waals surface area contributed by atoms with Gasteiger partial charge in [0.2, 0.25) is 5.91 Å². The van der Waals surface area contributed by atoms with Crippen LogP contribution in [0.1, 0.15) is 24.8 Å². The summed E-state index contributed by atoms with van der Waals surface area (Å²) in [7, 11) is 0. The molecule has 1 aromatic carbocycles. The van der Waals surface area contributed by atoms with Gasteiger partial charge in [-0.3, -0.25) is 10.1 Å². The maximum atomic E-state index is 13.8. The first-order valence-corrected chi connectivity index (χ1v) is 7.16. The smallest absolute Gasteiger partial charge is 0.262 e. The molecule has 2 aliphatic rings. The maximum absolute atomic E-state index is 13.8. The van der Waals surface area contributed by atoms with Crippen LogP contribution in [0.2, 0.25) is 0 Å². The topological polar surface area (TPSA) is 41.1 Å². The average molecular weight is 353 g/mol. The van der Waals surface area contributed by atoms with E-state index in [4.69, 9.17) is 0 Å². The number of rotatable bonds is 4. The van der Waals surface area contributed by atoms with Crippen molar-refractivity contribution < 1.29 is 22.4 Å². The molecule has 1 heterocycles. The largest absolute Gasteiger partial charge is 0.354 e. The predicted molar refractivity (Wildman–Crippen MR) is 78.9 cm³/mol. The summed E-state index contributed by atoms with van der Waals surface area (Å²) in [6, 6.07) is 2.45. The molecule has 3 nitrogen and oxygen atoms in total. The van der Waals surface area contributed by atoms with Crippen LogP contribution >= 0.6 is 12.4 Å². The van der Waals surface area contributed by atoms with Crippen molar-refractivity contribution in [2.24, 2.45) is 0 Å². The van der Waals surface area contributed by atoms with Gasteiger partial charge in [-0.2, -0.15) is 0 Å². The molecule has 0 bridgehead atoms. The number of hydrogen-bond acceptors (Lipinski definition) is 2. The number of amides is 1. The molecule has 1 saturated heterocycles. The van der Waals surface area contributed by atoms with Crippen LogP contribution < -0.4 is 10.6 Å². The lowest BCUT2D eigenvalue weighted by Crippen LogP contribution is -2.43. The van der Waals surface area contributed by atoms with Crippen LogP contribution in [-0.4, -0.2) is 31.0 Å². The van der Waals surface area contributed by atoms with Crippen LogP contribution in [0.3, 0.4) is 0 Å². The van der Waals surface area contributed by atoms with Gasteiger partial charge in [-0.05, 0) is 24.5 Å². The average Bonchev–Trinajstić information content (AvgIpc) is 3.13. The van der Waals surface area contributed by atoms with E-state index in [0.29, 0.717) is 18.4 Å². The highest BCUT2D eigenvalue weighted by molar-refractivity contribution is 5.85. The molecule has 128 valence electrons. The Morgan fingerprint density at radius 2 is 2.00 bits per heavy atom. The molecule has 8 heteroatoms. The van der Waals surface area contributed by atoms with Gasteiger partial charge in [0.1, 0.15) is 11.6 Å². The zero-order valence-corrected chi connectivity index (χ0v) is 13.0. The van der Waals surface area contributed by atoms with Gasteiger partial charge in [0, 0.05) is 24.4 Å². The lowest BCUT2D eigenvalue weighted by Gasteiger charge is -2.19. The molecule has 1 unspecified atom stereocenters. The fourth-order valence-corrected chi connectivity index (χ4v) is 2.89. The van der Waals surface area contributed by atoms with Gasteiger partial charge < -0.3 is 5.32 Å². The van der Waals surface area contributed by atoms with E-state index in [1.165, 1.54) is 12.1 Å². The predicted octanol–water partition coefficient (Wildman–Crippen LogP) is 2.53. The first-order valence-electron chi connectivity index (χ1n) is 7.16. The Bertz CT molecular complexity index is 607. The van der Waals surface area contributed by atoms with Crippen molar-refractivity contribution in [3.8, 4) is 0 Å². The van der Waals surface area contributed by atoms with Gasteiger partial charge in [0.05, 0.1) is 12.6 Å². The standard InChI is InChI=1S/C15H16F4N2O.ClH/c16-9-1-2-10(11(17)5-9)14(3-4-14)7-21-13(22)12-6-15(18,19)8-20-12;/h1-2,5,12,20H,3-4,6-8H2,(H,21,22);1H. The summed E-state index contributed by atoms with van der Waals surface area (Å²) in [6.07, 6.45) is 0.810. The Morgan fingerprint density at radius 3 is 2.52 bits per heavy atom. The van der Waals surface area contributed by atoms with Crippen molar-refractivity contribution in [1.29, 1.82) is 0 Å². The lowest BCUT2D eigenvalue weighted by molar-refractivity contribution is -0.123. The molecule has 2 fully saturated rings. The second-order valence-corrected chi connectivity index (χ2v) is 6.12. The first kappa shape index (κ1) is 18.0. The van der Waals surface area contributed by atoms with Gasteiger partial charge >= 0.3 is 0 Å². The van der Waals surface area contributed by atoms with Crippen LogP contribution in [0, 0.1) is 11.6 Å². The molecular formula is C15H17ClF4N2O. The number of alkyl halides is 2. The van der Waals surface area contributed by atoms with Crippen LogP contribution in [0.15, 0.2) is 18.2 Å². The van der Waals surface area contributed by atoms with Crippen molar-refractivity contribution in [2.75, 3.05) is 13.1 Å². The molecule has 1 aliphatic carbocycles. The molecule has 0 spiro atoms. The Hall–Kier alpha value is -1.34. The Kier molecular flexibility index (Phi) is 4.92. The summed E-state index contributed by atoms with van der Waals surface area (Å²) < 4.78 is 52.9. The van der Waals surface area contributed by atoms with E-state index >= 15 is 0 Å². The molecule has 1 saturated carbocycles. The molecule has 0 aromatic heterocycles. The molecule has 1 aromatic rings. The second-order valence-electron chi connectivity index (χ2n) is 6.12. The number of benzene rings is 1. The van der Waals surface area contributed by atoms with Crippen LogP contribution in [-0.2, 0) is 10.2 Å².